The Labute approximate surface area is 204 Å². The number of carbonyl (C=O) groups is 1. The number of thiophene rings is 1. The van der Waals surface area contributed by atoms with Gasteiger partial charge in [0.2, 0.25) is 9.84 Å². The second-order valence-electron chi connectivity index (χ2n) is 8.10. The van der Waals surface area contributed by atoms with E-state index in [-0.39, 0.29) is 28.1 Å². The molecule has 10 heteroatoms. The molecular formula is C23H24ClN3O4S2. The molecule has 0 aliphatic rings. The van der Waals surface area contributed by atoms with Crippen LogP contribution in [0.3, 0.4) is 0 Å². The van der Waals surface area contributed by atoms with E-state index in [0.29, 0.717) is 21.6 Å². The third-order valence-corrected chi connectivity index (χ3v) is 7.77. The van der Waals surface area contributed by atoms with Gasteiger partial charge in [-0.15, -0.1) is 23.7 Å². The van der Waals surface area contributed by atoms with Crippen molar-refractivity contribution in [2.24, 2.45) is 0 Å². The summed E-state index contributed by atoms with van der Waals surface area (Å²) in [7, 11) is -2.31. The Kier molecular flexibility index (Phi) is 8.25. The summed E-state index contributed by atoms with van der Waals surface area (Å²) in [6.45, 7) is 5.49. The lowest BCUT2D eigenvalue weighted by atomic mass is 10.0. The molecule has 3 aromatic rings. The Balaban J connectivity index is 0.00000385. The minimum atomic E-state index is -3.89. The topological polar surface area (TPSA) is 100 Å². The lowest BCUT2D eigenvalue weighted by Gasteiger charge is -2.24. The number of ether oxygens (including phenoxy) is 1. The SMILES string of the molecule is CN(Cc1cc(-c2ccccc2C#N)c(S(=O)(=O)c2cccnc2)s1)C(=O)OC(C)(C)C.Cl. The van der Waals surface area contributed by atoms with Gasteiger partial charge >= 0.3 is 6.09 Å². The fourth-order valence-corrected chi connectivity index (χ4v) is 6.09. The van der Waals surface area contributed by atoms with Crippen LogP contribution in [0.25, 0.3) is 11.1 Å². The van der Waals surface area contributed by atoms with Crippen LogP contribution >= 0.6 is 23.7 Å². The van der Waals surface area contributed by atoms with Crippen molar-refractivity contribution in [1.82, 2.24) is 9.88 Å². The van der Waals surface area contributed by atoms with E-state index >= 15 is 0 Å². The molecule has 2 heterocycles. The number of amides is 1. The molecular weight excluding hydrogens is 482 g/mol. The molecule has 33 heavy (non-hydrogen) atoms. The van der Waals surface area contributed by atoms with E-state index in [1.165, 1.54) is 23.4 Å². The Bertz CT molecular complexity index is 1280. The molecule has 0 aliphatic carbocycles. The van der Waals surface area contributed by atoms with Crippen LogP contribution in [-0.2, 0) is 21.1 Å². The van der Waals surface area contributed by atoms with Crippen LogP contribution in [0.15, 0.2) is 64.0 Å². The molecule has 0 spiro atoms. The van der Waals surface area contributed by atoms with Crippen LogP contribution in [0.4, 0.5) is 4.79 Å². The van der Waals surface area contributed by atoms with Crippen molar-refractivity contribution in [3.05, 3.63) is 65.3 Å². The Morgan fingerprint density at radius 3 is 2.48 bits per heavy atom. The number of carbonyl (C=O) groups excluding carboxylic acids is 1. The van der Waals surface area contributed by atoms with Gasteiger partial charge in [0.1, 0.15) is 9.81 Å². The van der Waals surface area contributed by atoms with E-state index in [0.717, 1.165) is 11.3 Å². The van der Waals surface area contributed by atoms with Gasteiger partial charge in [-0.1, -0.05) is 18.2 Å². The first-order valence-corrected chi connectivity index (χ1v) is 12.0. The standard InChI is InChI=1S/C23H23N3O4S2.ClH/c1-23(2,3)30-22(27)26(4)15-17-12-20(19-10-6-5-8-16(19)13-24)21(31-17)32(28,29)18-9-7-11-25-14-18;/h5-12,14H,15H2,1-4H3;1H. The second-order valence-corrected chi connectivity index (χ2v) is 11.4. The molecule has 0 saturated carbocycles. The van der Waals surface area contributed by atoms with E-state index in [4.69, 9.17) is 4.74 Å². The predicted molar refractivity (Wildman–Crippen MR) is 129 cm³/mol. The van der Waals surface area contributed by atoms with Crippen molar-refractivity contribution in [2.45, 2.75) is 42.0 Å². The number of nitrogens with zero attached hydrogens (tertiary/aromatic N) is 3. The van der Waals surface area contributed by atoms with Gasteiger partial charge in [0.15, 0.2) is 0 Å². The fourth-order valence-electron chi connectivity index (χ4n) is 2.96. The Morgan fingerprint density at radius 2 is 1.88 bits per heavy atom. The number of aromatic nitrogens is 1. The van der Waals surface area contributed by atoms with Gasteiger partial charge in [0, 0.05) is 35.4 Å². The fraction of sp³-hybridized carbons (Fsp3) is 0.261. The van der Waals surface area contributed by atoms with Gasteiger partial charge < -0.3 is 9.64 Å². The second kappa shape index (κ2) is 10.3. The molecule has 0 unspecified atom stereocenters. The molecule has 0 atom stereocenters. The minimum Gasteiger partial charge on any atom is -0.444 e. The number of halogens is 1. The third-order valence-electron chi connectivity index (χ3n) is 4.37. The van der Waals surface area contributed by atoms with Crippen molar-refractivity contribution in [2.75, 3.05) is 7.05 Å². The number of hydrogen-bond acceptors (Lipinski definition) is 7. The van der Waals surface area contributed by atoms with E-state index in [2.05, 4.69) is 11.1 Å². The number of nitriles is 1. The van der Waals surface area contributed by atoms with Gasteiger partial charge in [-0.05, 0) is 45.0 Å². The average molecular weight is 506 g/mol. The van der Waals surface area contributed by atoms with Crippen LogP contribution in [-0.4, -0.2) is 37.0 Å². The van der Waals surface area contributed by atoms with Crippen molar-refractivity contribution in [3.63, 3.8) is 0 Å². The molecule has 7 nitrogen and oxygen atoms in total. The third kappa shape index (κ3) is 6.11. The smallest absolute Gasteiger partial charge is 0.410 e. The van der Waals surface area contributed by atoms with Crippen LogP contribution in [0.1, 0.15) is 31.2 Å². The number of rotatable bonds is 5. The van der Waals surface area contributed by atoms with Crippen molar-refractivity contribution >= 4 is 39.7 Å². The van der Waals surface area contributed by atoms with Crippen molar-refractivity contribution in [3.8, 4) is 17.2 Å². The molecule has 0 fully saturated rings. The van der Waals surface area contributed by atoms with Gasteiger partial charge in [0.25, 0.3) is 0 Å². The highest BCUT2D eigenvalue weighted by atomic mass is 35.5. The molecule has 0 radical (unpaired) electrons. The lowest BCUT2D eigenvalue weighted by Crippen LogP contribution is -2.33. The van der Waals surface area contributed by atoms with Gasteiger partial charge in [-0.25, -0.2) is 13.2 Å². The summed E-state index contributed by atoms with van der Waals surface area (Å²) in [6.07, 6.45) is 2.28. The predicted octanol–water partition coefficient (Wildman–Crippen LogP) is 5.30. The molecule has 1 amide bonds. The highest BCUT2D eigenvalue weighted by Gasteiger charge is 2.28. The number of pyridine rings is 1. The Hall–Kier alpha value is -2.93. The summed E-state index contributed by atoms with van der Waals surface area (Å²) in [5, 5.41) is 9.55. The first kappa shape index (κ1) is 26.3. The summed E-state index contributed by atoms with van der Waals surface area (Å²) < 4.78 is 32.3. The highest BCUT2D eigenvalue weighted by molar-refractivity contribution is 7.93. The molecule has 3 rings (SSSR count). The van der Waals surface area contributed by atoms with Crippen LogP contribution in [0, 0.1) is 11.3 Å². The molecule has 0 bridgehead atoms. The van der Waals surface area contributed by atoms with E-state index in [9.17, 15) is 18.5 Å². The molecule has 174 valence electrons. The first-order valence-electron chi connectivity index (χ1n) is 9.74. The molecule has 1 aromatic carbocycles. The number of benzene rings is 1. The van der Waals surface area contributed by atoms with Crippen LogP contribution < -0.4 is 0 Å². The van der Waals surface area contributed by atoms with E-state index < -0.39 is 21.5 Å². The van der Waals surface area contributed by atoms with Crippen LogP contribution in [0.2, 0.25) is 0 Å². The van der Waals surface area contributed by atoms with Gasteiger partial charge in [-0.2, -0.15) is 5.26 Å². The highest BCUT2D eigenvalue weighted by Crippen LogP contribution is 2.39. The largest absolute Gasteiger partial charge is 0.444 e. The lowest BCUT2D eigenvalue weighted by molar-refractivity contribution is 0.0286. The van der Waals surface area contributed by atoms with Crippen molar-refractivity contribution in [1.29, 1.82) is 5.26 Å². The summed E-state index contributed by atoms with van der Waals surface area (Å²) in [5.74, 6) is 0. The summed E-state index contributed by atoms with van der Waals surface area (Å²) in [4.78, 5) is 18.4. The number of sulfone groups is 1. The van der Waals surface area contributed by atoms with Crippen molar-refractivity contribution < 1.29 is 17.9 Å². The van der Waals surface area contributed by atoms with E-state index in [1.54, 1.807) is 64.2 Å². The zero-order valence-corrected chi connectivity index (χ0v) is 21.1. The van der Waals surface area contributed by atoms with Gasteiger partial charge in [0.05, 0.1) is 23.1 Å². The molecule has 0 saturated heterocycles. The molecule has 0 aliphatic heterocycles. The zero-order chi connectivity index (χ0) is 23.5. The van der Waals surface area contributed by atoms with Gasteiger partial charge in [-0.3, -0.25) is 4.98 Å². The van der Waals surface area contributed by atoms with Crippen LogP contribution in [0.5, 0.6) is 0 Å². The monoisotopic (exact) mass is 505 g/mol. The maximum Gasteiger partial charge on any atom is 0.410 e. The quantitative estimate of drug-likeness (QED) is 0.466. The average Bonchev–Trinajstić information content (AvgIpc) is 3.17. The number of hydrogen-bond donors (Lipinski definition) is 0. The normalized spacial score (nSPS) is 11.2. The Morgan fingerprint density at radius 1 is 1.18 bits per heavy atom. The first-order chi connectivity index (χ1) is 15.0. The summed E-state index contributed by atoms with van der Waals surface area (Å²) in [5.41, 5.74) is 0.649. The summed E-state index contributed by atoms with van der Waals surface area (Å²) >= 11 is 1.06. The maximum absolute atomic E-state index is 13.4. The van der Waals surface area contributed by atoms with E-state index in [1.807, 2.05) is 0 Å². The minimum absolute atomic E-state index is 0. The molecule has 0 N–H and O–H groups in total. The zero-order valence-electron chi connectivity index (χ0n) is 18.6. The molecule has 2 aromatic heterocycles. The maximum atomic E-state index is 13.4. The summed E-state index contributed by atoms with van der Waals surface area (Å²) in [6, 6.07) is 13.7.